The van der Waals surface area contributed by atoms with Crippen molar-refractivity contribution in [2.45, 2.75) is 19.6 Å². The Bertz CT molecular complexity index is 2180. The number of hydrogen-bond donors (Lipinski definition) is 0. The number of ether oxygens (including phenoxy) is 3. The number of esters is 1. The van der Waals surface area contributed by atoms with E-state index in [9.17, 15) is 18.4 Å². The Hall–Kier alpha value is -4.62. The second-order valence-electron chi connectivity index (χ2n) is 10.4. The average Bonchev–Trinajstić information content (AvgIpc) is 3.38. The highest BCUT2D eigenvalue weighted by molar-refractivity contribution is 14.1. The van der Waals surface area contributed by atoms with E-state index in [0.717, 1.165) is 0 Å². The molecule has 0 bridgehead atoms. The molecule has 5 aromatic rings. The Labute approximate surface area is 286 Å². The number of thiazole rings is 1. The number of aromatic nitrogens is 1. The van der Waals surface area contributed by atoms with E-state index in [2.05, 4.69) is 22.6 Å². The number of benzene rings is 4. The number of methoxy groups -OCH3 is 1. The van der Waals surface area contributed by atoms with Crippen LogP contribution in [0.25, 0.3) is 11.8 Å². The maximum atomic E-state index is 14.2. The summed E-state index contributed by atoms with van der Waals surface area (Å²) in [5.74, 6) is -0.584. The van der Waals surface area contributed by atoms with Crippen LogP contribution in [0.2, 0.25) is 0 Å². The zero-order valence-electron chi connectivity index (χ0n) is 25.2. The van der Waals surface area contributed by atoms with Gasteiger partial charge in [-0.25, -0.2) is 18.6 Å². The van der Waals surface area contributed by atoms with Crippen molar-refractivity contribution in [3.8, 4) is 11.5 Å². The van der Waals surface area contributed by atoms with Gasteiger partial charge < -0.3 is 14.2 Å². The van der Waals surface area contributed by atoms with Gasteiger partial charge in [-0.2, -0.15) is 0 Å². The Kier molecular flexibility index (Phi) is 9.64. The van der Waals surface area contributed by atoms with Crippen LogP contribution in [0.5, 0.6) is 11.5 Å². The minimum absolute atomic E-state index is 0.00686. The lowest BCUT2D eigenvalue weighted by Gasteiger charge is -2.25. The molecule has 2 heterocycles. The van der Waals surface area contributed by atoms with Gasteiger partial charge in [0.05, 0.1) is 39.1 Å². The molecular formula is C36H27F2IN2O5S. The van der Waals surface area contributed by atoms with Gasteiger partial charge in [0.25, 0.3) is 5.56 Å². The molecule has 0 fully saturated rings. The van der Waals surface area contributed by atoms with Crippen molar-refractivity contribution in [2.24, 2.45) is 4.99 Å². The van der Waals surface area contributed by atoms with Gasteiger partial charge in [-0.1, -0.05) is 72.0 Å². The highest BCUT2D eigenvalue weighted by Crippen LogP contribution is 2.36. The van der Waals surface area contributed by atoms with Crippen molar-refractivity contribution in [1.29, 1.82) is 0 Å². The van der Waals surface area contributed by atoms with Crippen LogP contribution in [-0.2, 0) is 16.1 Å². The molecule has 1 aromatic heterocycles. The van der Waals surface area contributed by atoms with Crippen LogP contribution < -0.4 is 24.4 Å². The minimum Gasteiger partial charge on any atom is -0.493 e. The molecule has 4 aromatic carbocycles. The van der Waals surface area contributed by atoms with Gasteiger partial charge in [0.15, 0.2) is 16.3 Å². The summed E-state index contributed by atoms with van der Waals surface area (Å²) in [7, 11) is 1.50. The van der Waals surface area contributed by atoms with Gasteiger partial charge in [0.2, 0.25) is 0 Å². The molecule has 0 saturated carbocycles. The van der Waals surface area contributed by atoms with Crippen LogP contribution in [0.4, 0.5) is 8.78 Å². The summed E-state index contributed by atoms with van der Waals surface area (Å²) in [4.78, 5) is 32.9. The molecule has 1 atom stereocenters. The molecule has 0 N–H and O–H groups in total. The molecular weight excluding hydrogens is 737 g/mol. The Balaban J connectivity index is 1.49. The predicted octanol–water partition coefficient (Wildman–Crippen LogP) is 6.41. The fourth-order valence-electron chi connectivity index (χ4n) is 5.28. The Morgan fingerprint density at radius 1 is 1.02 bits per heavy atom. The number of carbonyl (C=O) groups excluding carboxylic acids is 1. The van der Waals surface area contributed by atoms with E-state index in [1.165, 1.54) is 41.2 Å². The van der Waals surface area contributed by atoms with Gasteiger partial charge in [-0.15, -0.1) is 0 Å². The molecule has 1 aliphatic heterocycles. The van der Waals surface area contributed by atoms with Crippen LogP contribution in [0.3, 0.4) is 0 Å². The summed E-state index contributed by atoms with van der Waals surface area (Å²) in [5.41, 5.74) is 2.42. The van der Waals surface area contributed by atoms with Crippen molar-refractivity contribution in [2.75, 3.05) is 13.7 Å². The molecule has 0 unspecified atom stereocenters. The van der Waals surface area contributed by atoms with Crippen LogP contribution in [0, 0.1) is 15.2 Å². The molecule has 1 aliphatic rings. The lowest BCUT2D eigenvalue weighted by molar-refractivity contribution is -0.138. The first kappa shape index (κ1) is 32.3. The highest BCUT2D eigenvalue weighted by Gasteiger charge is 2.35. The summed E-state index contributed by atoms with van der Waals surface area (Å²) < 4.78 is 47.8. The van der Waals surface area contributed by atoms with Crippen molar-refractivity contribution in [1.82, 2.24) is 4.57 Å². The van der Waals surface area contributed by atoms with E-state index < -0.39 is 17.8 Å². The lowest BCUT2D eigenvalue weighted by Crippen LogP contribution is -2.40. The topological polar surface area (TPSA) is 79.1 Å². The Morgan fingerprint density at radius 2 is 1.74 bits per heavy atom. The largest absolute Gasteiger partial charge is 0.493 e. The highest BCUT2D eigenvalue weighted by atomic mass is 127. The number of fused-ring (bicyclic) bond motifs is 1. The molecule has 47 heavy (non-hydrogen) atoms. The predicted molar refractivity (Wildman–Crippen MR) is 184 cm³/mol. The van der Waals surface area contributed by atoms with E-state index in [-0.39, 0.29) is 30.2 Å². The standard InChI is InChI=1S/C36H27F2IN2O5S/c1-3-45-35(43)30-31(22-9-5-4-6-10-22)40-36-41(32(30)23-13-15-25(37)16-14-23)34(42)29(47-36)19-21-17-27(39)33(28(18-21)44-2)46-20-24-11-7-8-12-26(24)38/h4-19,32H,3,20H2,1-2H3/b29-19-/t32-/m0/s1. The van der Waals surface area contributed by atoms with E-state index in [1.807, 2.05) is 36.4 Å². The van der Waals surface area contributed by atoms with Crippen LogP contribution in [-0.4, -0.2) is 24.3 Å². The summed E-state index contributed by atoms with van der Waals surface area (Å²) in [6.07, 6.45) is 1.72. The van der Waals surface area contributed by atoms with Crippen molar-refractivity contribution in [3.05, 3.63) is 154 Å². The quantitative estimate of drug-likeness (QED) is 0.128. The number of nitrogens with zero attached hydrogens (tertiary/aromatic N) is 2. The fraction of sp³-hybridized carbons (Fsp3) is 0.139. The van der Waals surface area contributed by atoms with Crippen LogP contribution >= 0.6 is 33.9 Å². The molecule has 0 aliphatic carbocycles. The molecule has 238 valence electrons. The lowest BCUT2D eigenvalue weighted by atomic mass is 9.93. The third-order valence-corrected chi connectivity index (χ3v) is 9.22. The van der Waals surface area contributed by atoms with Crippen molar-refractivity contribution >= 4 is 51.7 Å². The fourth-order valence-corrected chi connectivity index (χ4v) is 7.06. The van der Waals surface area contributed by atoms with Crippen molar-refractivity contribution in [3.63, 3.8) is 0 Å². The summed E-state index contributed by atoms with van der Waals surface area (Å²) >= 11 is 3.28. The van der Waals surface area contributed by atoms with E-state index in [1.54, 1.807) is 49.4 Å². The number of rotatable bonds is 9. The maximum absolute atomic E-state index is 14.2. The molecule has 7 nitrogen and oxygen atoms in total. The zero-order valence-corrected chi connectivity index (χ0v) is 28.2. The molecule has 0 radical (unpaired) electrons. The van der Waals surface area contributed by atoms with E-state index >= 15 is 0 Å². The minimum atomic E-state index is -0.924. The average molecular weight is 765 g/mol. The third-order valence-electron chi connectivity index (χ3n) is 7.44. The first-order chi connectivity index (χ1) is 22.8. The molecule has 0 amide bonds. The maximum Gasteiger partial charge on any atom is 0.338 e. The smallest absolute Gasteiger partial charge is 0.338 e. The third kappa shape index (κ3) is 6.63. The number of carbonyl (C=O) groups is 1. The van der Waals surface area contributed by atoms with Gasteiger partial charge in [0, 0.05) is 11.1 Å². The summed E-state index contributed by atoms with van der Waals surface area (Å²) in [6.45, 7) is 1.83. The molecule has 6 rings (SSSR count). The molecule has 11 heteroatoms. The monoisotopic (exact) mass is 764 g/mol. The number of hydrogen-bond acceptors (Lipinski definition) is 7. The SMILES string of the molecule is CCOC(=O)C1=C(c2ccccc2)N=c2s/c(=C\c3cc(I)c(OCc4ccccc4F)c(OC)c3)c(=O)n2[C@H]1c1ccc(F)cc1. The summed E-state index contributed by atoms with van der Waals surface area (Å²) in [6, 6.07) is 23.9. The van der Waals surface area contributed by atoms with Gasteiger partial charge in [-0.3, -0.25) is 9.36 Å². The molecule has 0 spiro atoms. The Morgan fingerprint density at radius 3 is 2.45 bits per heavy atom. The van der Waals surface area contributed by atoms with Gasteiger partial charge in [-0.05, 0) is 77.0 Å². The van der Waals surface area contributed by atoms with Crippen molar-refractivity contribution < 1.29 is 27.8 Å². The zero-order chi connectivity index (χ0) is 33.1. The van der Waals surface area contributed by atoms with Gasteiger partial charge in [0.1, 0.15) is 18.2 Å². The van der Waals surface area contributed by atoms with E-state index in [0.29, 0.717) is 52.4 Å². The van der Waals surface area contributed by atoms with Crippen LogP contribution in [0.1, 0.15) is 35.2 Å². The molecule has 0 saturated heterocycles. The van der Waals surface area contributed by atoms with Gasteiger partial charge >= 0.3 is 5.97 Å². The first-order valence-electron chi connectivity index (χ1n) is 14.6. The van der Waals surface area contributed by atoms with E-state index in [4.69, 9.17) is 19.2 Å². The normalized spacial score (nSPS) is 14.4. The number of halogens is 3. The first-order valence-corrected chi connectivity index (χ1v) is 16.5. The second-order valence-corrected chi connectivity index (χ2v) is 12.6. The van der Waals surface area contributed by atoms with Crippen LogP contribution in [0.15, 0.2) is 106 Å². The summed E-state index contributed by atoms with van der Waals surface area (Å²) in [5, 5.41) is 0. The second kappa shape index (κ2) is 14.0.